The molecule has 1 fully saturated rings. The number of piperazine rings is 1. The van der Waals surface area contributed by atoms with E-state index in [1.54, 1.807) is 18.3 Å². The highest BCUT2D eigenvalue weighted by atomic mass is 32.2. The number of nitrogens with one attached hydrogen (secondary N) is 2. The molecule has 7 nitrogen and oxygen atoms in total. The molecule has 1 saturated heterocycles. The molecular weight excluding hydrogens is 400 g/mol. The van der Waals surface area contributed by atoms with Crippen LogP contribution in [0.1, 0.15) is 49.9 Å². The maximum atomic E-state index is 13.0. The smallest absolute Gasteiger partial charge is 0.256 e. The van der Waals surface area contributed by atoms with Crippen molar-refractivity contribution in [3.63, 3.8) is 0 Å². The first-order valence-corrected chi connectivity index (χ1v) is 12.4. The van der Waals surface area contributed by atoms with Crippen molar-refractivity contribution in [2.45, 2.75) is 39.5 Å². The average Bonchev–Trinajstić information content (AvgIpc) is 2.98. The van der Waals surface area contributed by atoms with Crippen molar-refractivity contribution >= 4 is 28.1 Å². The van der Waals surface area contributed by atoms with Gasteiger partial charge in [0.15, 0.2) is 0 Å². The van der Waals surface area contributed by atoms with E-state index in [0.717, 1.165) is 42.9 Å². The molecule has 30 heavy (non-hydrogen) atoms. The van der Waals surface area contributed by atoms with Gasteiger partial charge < -0.3 is 14.8 Å². The van der Waals surface area contributed by atoms with Gasteiger partial charge in [-0.25, -0.2) is 13.1 Å². The molecule has 1 atom stereocenters. The van der Waals surface area contributed by atoms with E-state index in [1.165, 1.54) is 0 Å². The maximum Gasteiger partial charge on any atom is 0.256 e. The number of allylic oxidation sites excluding steroid dienone is 2. The Hall–Kier alpha value is -1.90. The van der Waals surface area contributed by atoms with Crippen LogP contribution in [0.4, 0.5) is 0 Å². The fourth-order valence-electron chi connectivity index (χ4n) is 3.98. The highest BCUT2D eigenvalue weighted by Gasteiger charge is 2.23. The molecular formula is C22H34N4O3S. The SMILES string of the molecule is CCCC(C)CCNS(=O)(=O)C1=CC=c2[nH]cc(C(=O)N3CCN(C)CC3)c2=CC1. The molecule has 3 rings (SSSR count). The van der Waals surface area contributed by atoms with Gasteiger partial charge in [0, 0.05) is 55.9 Å². The molecule has 1 aliphatic carbocycles. The van der Waals surface area contributed by atoms with Crippen molar-refractivity contribution < 1.29 is 13.2 Å². The van der Waals surface area contributed by atoms with E-state index in [9.17, 15) is 13.2 Å². The second kappa shape index (κ2) is 9.94. The Labute approximate surface area is 179 Å². The number of aromatic amines is 1. The van der Waals surface area contributed by atoms with E-state index in [1.807, 2.05) is 11.0 Å². The van der Waals surface area contributed by atoms with Crippen molar-refractivity contribution in [2.75, 3.05) is 39.8 Å². The monoisotopic (exact) mass is 434 g/mol. The number of H-pyrrole nitrogens is 1. The summed E-state index contributed by atoms with van der Waals surface area (Å²) in [7, 11) is -1.48. The Kier molecular flexibility index (Phi) is 7.55. The molecule has 0 saturated carbocycles. The minimum atomic E-state index is -3.54. The van der Waals surface area contributed by atoms with Gasteiger partial charge in [-0.05, 0) is 31.5 Å². The van der Waals surface area contributed by atoms with Gasteiger partial charge in [0.05, 0.1) is 10.5 Å². The molecule has 1 amide bonds. The van der Waals surface area contributed by atoms with Crippen LogP contribution in [0.3, 0.4) is 0 Å². The van der Waals surface area contributed by atoms with Crippen molar-refractivity contribution in [2.24, 2.45) is 5.92 Å². The van der Waals surface area contributed by atoms with Gasteiger partial charge in [-0.2, -0.15) is 0 Å². The van der Waals surface area contributed by atoms with E-state index in [2.05, 4.69) is 35.5 Å². The topological polar surface area (TPSA) is 85.5 Å². The largest absolute Gasteiger partial charge is 0.360 e. The molecule has 0 radical (unpaired) electrons. The molecule has 166 valence electrons. The Bertz CT molecular complexity index is 1000. The summed E-state index contributed by atoms with van der Waals surface area (Å²) in [4.78, 5) is 20.5. The summed E-state index contributed by atoms with van der Waals surface area (Å²) < 4.78 is 28.2. The van der Waals surface area contributed by atoms with Gasteiger partial charge in [-0.1, -0.05) is 32.8 Å². The van der Waals surface area contributed by atoms with Gasteiger partial charge in [0.25, 0.3) is 5.91 Å². The second-order valence-electron chi connectivity index (χ2n) is 8.41. The number of fused-ring (bicyclic) bond motifs is 1. The Morgan fingerprint density at radius 1 is 1.20 bits per heavy atom. The zero-order valence-electron chi connectivity index (χ0n) is 18.3. The predicted molar refractivity (Wildman–Crippen MR) is 121 cm³/mol. The van der Waals surface area contributed by atoms with Gasteiger partial charge in [-0.3, -0.25) is 4.79 Å². The van der Waals surface area contributed by atoms with Gasteiger partial charge >= 0.3 is 0 Å². The van der Waals surface area contributed by atoms with E-state index in [-0.39, 0.29) is 12.3 Å². The van der Waals surface area contributed by atoms with Crippen LogP contribution in [-0.2, 0) is 10.0 Å². The first kappa shape index (κ1) is 22.8. The van der Waals surface area contributed by atoms with E-state index < -0.39 is 10.0 Å². The maximum absolute atomic E-state index is 13.0. The van der Waals surface area contributed by atoms with Crippen LogP contribution in [0, 0.1) is 5.92 Å². The van der Waals surface area contributed by atoms with Crippen molar-refractivity contribution in [3.05, 3.63) is 33.3 Å². The molecule has 0 bridgehead atoms. The summed E-state index contributed by atoms with van der Waals surface area (Å²) in [6.07, 6.45) is 10.3. The van der Waals surface area contributed by atoms with Crippen molar-refractivity contribution in [3.8, 4) is 0 Å². The number of likely N-dealkylation sites (N-methyl/N-ethyl adjacent to an activating group) is 1. The predicted octanol–water partition coefficient (Wildman–Crippen LogP) is 0.997. The van der Waals surface area contributed by atoms with Crippen LogP contribution in [0.25, 0.3) is 12.2 Å². The number of amides is 1. The number of hydrogen-bond acceptors (Lipinski definition) is 4. The molecule has 2 heterocycles. The average molecular weight is 435 g/mol. The fraction of sp³-hybridized carbons (Fsp3) is 0.591. The lowest BCUT2D eigenvalue weighted by Crippen LogP contribution is -2.48. The minimum Gasteiger partial charge on any atom is -0.360 e. The molecule has 1 aromatic rings. The van der Waals surface area contributed by atoms with E-state index >= 15 is 0 Å². The first-order chi connectivity index (χ1) is 14.3. The standard InChI is InChI=1S/C22H34N4O3S/c1-4-5-17(2)10-11-24-30(28,29)18-6-8-19-20(16-23-21(19)9-7-18)22(27)26-14-12-25(3)13-15-26/h7-9,16-17,23-24H,4-6,10-15H2,1-3H3. The van der Waals surface area contributed by atoms with Crippen LogP contribution >= 0.6 is 0 Å². The van der Waals surface area contributed by atoms with Gasteiger partial charge in [0.1, 0.15) is 0 Å². The number of carbonyl (C=O) groups excluding carboxylic acids is 1. The molecule has 2 N–H and O–H groups in total. The van der Waals surface area contributed by atoms with Crippen molar-refractivity contribution in [1.82, 2.24) is 19.5 Å². The minimum absolute atomic E-state index is 0.000376. The summed E-state index contributed by atoms with van der Waals surface area (Å²) in [6, 6.07) is 0. The summed E-state index contributed by atoms with van der Waals surface area (Å²) in [5, 5.41) is 1.56. The Balaban J connectivity index is 1.71. The number of nitrogens with zero attached hydrogens (tertiary/aromatic N) is 2. The number of carbonyl (C=O) groups is 1. The van der Waals surface area contributed by atoms with E-state index in [0.29, 0.717) is 36.0 Å². The Morgan fingerprint density at radius 3 is 2.63 bits per heavy atom. The number of aromatic nitrogens is 1. The molecule has 0 aromatic carbocycles. The highest BCUT2D eigenvalue weighted by Crippen LogP contribution is 2.14. The summed E-state index contributed by atoms with van der Waals surface area (Å²) in [6.45, 7) is 7.87. The summed E-state index contributed by atoms with van der Waals surface area (Å²) in [5.74, 6) is 0.501. The highest BCUT2D eigenvalue weighted by molar-refractivity contribution is 7.93. The zero-order chi connectivity index (χ0) is 21.7. The number of sulfonamides is 1. The molecule has 0 spiro atoms. The fourth-order valence-corrected chi connectivity index (χ4v) is 5.10. The summed E-state index contributed by atoms with van der Waals surface area (Å²) in [5.41, 5.74) is 0.610. The molecule has 1 unspecified atom stereocenters. The van der Waals surface area contributed by atoms with Crippen LogP contribution in [0.2, 0.25) is 0 Å². The first-order valence-electron chi connectivity index (χ1n) is 10.9. The van der Waals surface area contributed by atoms with Gasteiger partial charge in [0.2, 0.25) is 10.0 Å². The number of rotatable bonds is 8. The third-order valence-corrected chi connectivity index (χ3v) is 7.55. The van der Waals surface area contributed by atoms with Crippen LogP contribution in [0.15, 0.2) is 17.2 Å². The Morgan fingerprint density at radius 2 is 1.93 bits per heavy atom. The molecule has 1 aliphatic heterocycles. The lowest BCUT2D eigenvalue weighted by atomic mass is 10.0. The van der Waals surface area contributed by atoms with Gasteiger partial charge in [-0.15, -0.1) is 0 Å². The molecule has 2 aliphatic rings. The number of hydrogen-bond donors (Lipinski definition) is 2. The van der Waals surface area contributed by atoms with Crippen LogP contribution in [0.5, 0.6) is 0 Å². The quantitative estimate of drug-likeness (QED) is 0.639. The molecule has 1 aromatic heterocycles. The normalized spacial score (nSPS) is 18.6. The third-order valence-electron chi connectivity index (χ3n) is 5.97. The second-order valence-corrected chi connectivity index (χ2v) is 10.2. The lowest BCUT2D eigenvalue weighted by Gasteiger charge is -2.32. The van der Waals surface area contributed by atoms with Crippen LogP contribution in [-0.4, -0.2) is 68.9 Å². The van der Waals surface area contributed by atoms with E-state index in [4.69, 9.17) is 0 Å². The summed E-state index contributed by atoms with van der Waals surface area (Å²) >= 11 is 0. The lowest BCUT2D eigenvalue weighted by molar-refractivity contribution is 0.0663. The third kappa shape index (κ3) is 5.42. The van der Waals surface area contributed by atoms with Crippen LogP contribution < -0.4 is 15.3 Å². The zero-order valence-corrected chi connectivity index (χ0v) is 19.1. The molecule has 8 heteroatoms. The van der Waals surface area contributed by atoms with Crippen molar-refractivity contribution in [1.29, 1.82) is 0 Å².